The summed E-state index contributed by atoms with van der Waals surface area (Å²) < 4.78 is 28.1. The molecule has 1 rings (SSSR count). The first kappa shape index (κ1) is 15.0. The lowest BCUT2D eigenvalue weighted by Crippen LogP contribution is -2.15. The molecule has 1 aromatic carbocycles. The topological polar surface area (TPSA) is 63.6 Å². The maximum Gasteiger partial charge on any atom is 0.153 e. The molecule has 0 aliphatic rings. The first-order chi connectivity index (χ1) is 8.35. The van der Waals surface area contributed by atoms with E-state index in [0.717, 1.165) is 11.1 Å². The molecule has 0 radical (unpaired) electrons. The standard InChI is InChI=1S/C13H20O4S/c1-4-18(15,16)8-7-17-13-6-5-12(11(3)14)9-10(13)2/h5-6,9,11,14H,4,7-8H2,1-3H3. The van der Waals surface area contributed by atoms with Gasteiger partial charge >= 0.3 is 0 Å². The summed E-state index contributed by atoms with van der Waals surface area (Å²) in [5.41, 5.74) is 1.71. The summed E-state index contributed by atoms with van der Waals surface area (Å²) >= 11 is 0. The van der Waals surface area contributed by atoms with Gasteiger partial charge in [0.2, 0.25) is 0 Å². The Morgan fingerprint density at radius 3 is 2.56 bits per heavy atom. The zero-order chi connectivity index (χ0) is 13.8. The van der Waals surface area contributed by atoms with E-state index in [2.05, 4.69) is 0 Å². The van der Waals surface area contributed by atoms with E-state index in [1.807, 2.05) is 13.0 Å². The molecule has 5 heteroatoms. The number of rotatable bonds is 6. The number of hydrogen-bond donors (Lipinski definition) is 1. The largest absolute Gasteiger partial charge is 0.492 e. The first-order valence-electron chi connectivity index (χ1n) is 5.97. The molecule has 0 amide bonds. The summed E-state index contributed by atoms with van der Waals surface area (Å²) in [5, 5.41) is 9.43. The van der Waals surface area contributed by atoms with Gasteiger partial charge in [-0.1, -0.05) is 13.0 Å². The van der Waals surface area contributed by atoms with Gasteiger partial charge in [-0.3, -0.25) is 0 Å². The molecule has 0 aromatic heterocycles. The van der Waals surface area contributed by atoms with Crippen LogP contribution >= 0.6 is 0 Å². The summed E-state index contributed by atoms with van der Waals surface area (Å²) in [6.45, 7) is 5.35. The first-order valence-corrected chi connectivity index (χ1v) is 7.79. The molecule has 0 aliphatic carbocycles. The molecule has 18 heavy (non-hydrogen) atoms. The number of aliphatic hydroxyl groups excluding tert-OH is 1. The second-order valence-electron chi connectivity index (χ2n) is 4.29. The van der Waals surface area contributed by atoms with E-state index in [4.69, 9.17) is 4.74 Å². The highest BCUT2D eigenvalue weighted by Gasteiger charge is 2.09. The SMILES string of the molecule is CCS(=O)(=O)CCOc1ccc(C(C)O)cc1C. The Hall–Kier alpha value is -1.07. The Balaban J connectivity index is 2.64. The maximum absolute atomic E-state index is 11.3. The minimum atomic E-state index is -2.99. The van der Waals surface area contributed by atoms with E-state index in [0.29, 0.717) is 5.75 Å². The fraction of sp³-hybridized carbons (Fsp3) is 0.538. The van der Waals surface area contributed by atoms with Crippen LogP contribution in [0.25, 0.3) is 0 Å². The third kappa shape index (κ3) is 4.31. The number of hydrogen-bond acceptors (Lipinski definition) is 4. The molecule has 1 atom stereocenters. The molecule has 4 nitrogen and oxygen atoms in total. The number of aryl methyl sites for hydroxylation is 1. The van der Waals surface area contributed by atoms with Gasteiger partial charge in [0.1, 0.15) is 12.4 Å². The van der Waals surface area contributed by atoms with Crippen LogP contribution < -0.4 is 4.74 Å². The molecule has 0 aliphatic heterocycles. The number of aliphatic hydroxyl groups is 1. The van der Waals surface area contributed by atoms with Gasteiger partial charge in [-0.05, 0) is 37.1 Å². The van der Waals surface area contributed by atoms with Crippen molar-refractivity contribution < 1.29 is 18.3 Å². The Morgan fingerprint density at radius 1 is 1.39 bits per heavy atom. The van der Waals surface area contributed by atoms with Crippen LogP contribution in [0, 0.1) is 6.92 Å². The Bertz CT molecular complexity index is 492. The smallest absolute Gasteiger partial charge is 0.153 e. The molecule has 1 N–H and O–H groups in total. The highest BCUT2D eigenvalue weighted by Crippen LogP contribution is 2.22. The summed E-state index contributed by atoms with van der Waals surface area (Å²) in [6.07, 6.45) is -0.516. The summed E-state index contributed by atoms with van der Waals surface area (Å²) in [7, 11) is -2.99. The van der Waals surface area contributed by atoms with Crippen LogP contribution in [0.2, 0.25) is 0 Å². The summed E-state index contributed by atoms with van der Waals surface area (Å²) in [5.74, 6) is 0.822. The lowest BCUT2D eigenvalue weighted by Gasteiger charge is -2.11. The Morgan fingerprint density at radius 2 is 2.06 bits per heavy atom. The van der Waals surface area contributed by atoms with Gasteiger partial charge < -0.3 is 9.84 Å². The molecule has 0 spiro atoms. The highest BCUT2D eigenvalue weighted by molar-refractivity contribution is 7.91. The third-order valence-electron chi connectivity index (χ3n) is 2.77. The molecule has 0 fully saturated rings. The fourth-order valence-corrected chi connectivity index (χ4v) is 2.14. The van der Waals surface area contributed by atoms with Crippen LogP contribution in [0.15, 0.2) is 18.2 Å². The van der Waals surface area contributed by atoms with E-state index in [9.17, 15) is 13.5 Å². The van der Waals surface area contributed by atoms with E-state index >= 15 is 0 Å². The second-order valence-corrected chi connectivity index (χ2v) is 6.76. The maximum atomic E-state index is 11.3. The molecule has 0 heterocycles. The average Bonchev–Trinajstić information content (AvgIpc) is 2.31. The van der Waals surface area contributed by atoms with Gasteiger partial charge in [0, 0.05) is 5.75 Å². The lowest BCUT2D eigenvalue weighted by atomic mass is 10.1. The van der Waals surface area contributed by atoms with Crippen molar-refractivity contribution in [2.75, 3.05) is 18.1 Å². The average molecular weight is 272 g/mol. The van der Waals surface area contributed by atoms with Crippen LogP contribution in [0.1, 0.15) is 31.1 Å². The number of sulfone groups is 1. The van der Waals surface area contributed by atoms with Crippen LogP contribution in [0.4, 0.5) is 0 Å². The van der Waals surface area contributed by atoms with Crippen molar-refractivity contribution in [2.45, 2.75) is 26.9 Å². The molecule has 0 saturated carbocycles. The van der Waals surface area contributed by atoms with Crippen LogP contribution in [0.5, 0.6) is 5.75 Å². The summed E-state index contributed by atoms with van der Waals surface area (Å²) in [4.78, 5) is 0. The Labute approximate surface area is 109 Å². The van der Waals surface area contributed by atoms with Gasteiger partial charge in [-0.2, -0.15) is 0 Å². The quantitative estimate of drug-likeness (QED) is 0.858. The molecule has 102 valence electrons. The minimum absolute atomic E-state index is 0.0289. The van der Waals surface area contributed by atoms with Crippen molar-refractivity contribution in [3.63, 3.8) is 0 Å². The number of benzene rings is 1. The van der Waals surface area contributed by atoms with Gasteiger partial charge in [0.15, 0.2) is 9.84 Å². The lowest BCUT2D eigenvalue weighted by molar-refractivity contribution is 0.199. The minimum Gasteiger partial charge on any atom is -0.492 e. The predicted octanol–water partition coefficient (Wildman–Crippen LogP) is 1.86. The van der Waals surface area contributed by atoms with Gasteiger partial charge in [-0.25, -0.2) is 8.42 Å². The molecule has 0 saturated heterocycles. The predicted molar refractivity (Wildman–Crippen MR) is 71.6 cm³/mol. The fourth-order valence-electron chi connectivity index (χ4n) is 1.52. The van der Waals surface area contributed by atoms with Gasteiger partial charge in [-0.15, -0.1) is 0 Å². The van der Waals surface area contributed by atoms with E-state index in [-0.39, 0.29) is 18.1 Å². The number of ether oxygens (including phenoxy) is 1. The van der Waals surface area contributed by atoms with Crippen LogP contribution in [0.3, 0.4) is 0 Å². The molecule has 0 bridgehead atoms. The monoisotopic (exact) mass is 272 g/mol. The summed E-state index contributed by atoms with van der Waals surface area (Å²) in [6, 6.07) is 5.38. The molecular formula is C13H20O4S. The van der Waals surface area contributed by atoms with Crippen molar-refractivity contribution in [3.05, 3.63) is 29.3 Å². The zero-order valence-electron chi connectivity index (χ0n) is 11.0. The second kappa shape index (κ2) is 6.20. The van der Waals surface area contributed by atoms with E-state index in [1.54, 1.807) is 26.0 Å². The van der Waals surface area contributed by atoms with Crippen molar-refractivity contribution >= 4 is 9.84 Å². The van der Waals surface area contributed by atoms with E-state index < -0.39 is 15.9 Å². The normalized spacial score (nSPS) is 13.3. The molecular weight excluding hydrogens is 252 g/mol. The van der Waals surface area contributed by atoms with E-state index in [1.165, 1.54) is 0 Å². The van der Waals surface area contributed by atoms with Crippen molar-refractivity contribution in [1.29, 1.82) is 0 Å². The van der Waals surface area contributed by atoms with Gasteiger partial charge in [0.05, 0.1) is 11.9 Å². The zero-order valence-corrected chi connectivity index (χ0v) is 11.8. The van der Waals surface area contributed by atoms with Crippen LogP contribution in [-0.2, 0) is 9.84 Å². The highest BCUT2D eigenvalue weighted by atomic mass is 32.2. The Kier molecular flexibility index (Phi) is 5.16. The van der Waals surface area contributed by atoms with Gasteiger partial charge in [0.25, 0.3) is 0 Å². The molecule has 1 aromatic rings. The molecule has 1 unspecified atom stereocenters. The van der Waals surface area contributed by atoms with Crippen molar-refractivity contribution in [3.8, 4) is 5.75 Å². The van der Waals surface area contributed by atoms with Crippen molar-refractivity contribution in [2.24, 2.45) is 0 Å². The third-order valence-corrected chi connectivity index (χ3v) is 4.44. The van der Waals surface area contributed by atoms with Crippen molar-refractivity contribution in [1.82, 2.24) is 0 Å². The van der Waals surface area contributed by atoms with Crippen LogP contribution in [-0.4, -0.2) is 31.6 Å².